The Morgan fingerprint density at radius 3 is 2.67 bits per heavy atom. The lowest BCUT2D eigenvalue weighted by molar-refractivity contribution is -0.138. The number of benzene rings is 1. The van der Waals surface area contributed by atoms with Crippen molar-refractivity contribution in [3.05, 3.63) is 35.9 Å². The fourth-order valence-electron chi connectivity index (χ4n) is 2.98. The van der Waals surface area contributed by atoms with Crippen LogP contribution in [0.5, 0.6) is 0 Å². The first-order valence-electron chi connectivity index (χ1n) is 7.87. The lowest BCUT2D eigenvalue weighted by Gasteiger charge is -2.27. The molecule has 0 saturated carbocycles. The van der Waals surface area contributed by atoms with Crippen molar-refractivity contribution in [2.75, 3.05) is 32.7 Å². The van der Waals surface area contributed by atoms with Gasteiger partial charge in [-0.25, -0.2) is 0 Å². The van der Waals surface area contributed by atoms with Crippen LogP contribution in [0.1, 0.15) is 25.3 Å². The topological polar surface area (TPSA) is 43.8 Å². The minimum absolute atomic E-state index is 0.173. The van der Waals surface area contributed by atoms with Gasteiger partial charge in [0.2, 0.25) is 0 Å². The van der Waals surface area contributed by atoms with Crippen molar-refractivity contribution in [2.45, 2.75) is 32.2 Å². The van der Waals surface area contributed by atoms with Gasteiger partial charge in [0.1, 0.15) is 0 Å². The first-order valence-corrected chi connectivity index (χ1v) is 7.87. The molecular weight excluding hydrogens is 264 g/mol. The summed E-state index contributed by atoms with van der Waals surface area (Å²) < 4.78 is 0. The molecule has 4 nitrogen and oxygen atoms in total. The summed E-state index contributed by atoms with van der Waals surface area (Å²) in [4.78, 5) is 15.4. The van der Waals surface area contributed by atoms with Gasteiger partial charge in [-0.1, -0.05) is 30.3 Å². The van der Waals surface area contributed by atoms with Crippen molar-refractivity contribution in [3.8, 4) is 0 Å². The summed E-state index contributed by atoms with van der Waals surface area (Å²) in [7, 11) is 0. The average Bonchev–Trinajstić information content (AvgIpc) is 2.71. The Morgan fingerprint density at radius 1 is 1.19 bits per heavy atom. The minimum atomic E-state index is -0.722. The lowest BCUT2D eigenvalue weighted by atomic mass is 10.1. The smallest absolute Gasteiger partial charge is 0.317 e. The normalized spacial score (nSPS) is 19.1. The van der Waals surface area contributed by atoms with Gasteiger partial charge in [-0.3, -0.25) is 14.6 Å². The van der Waals surface area contributed by atoms with Crippen LogP contribution in [0.3, 0.4) is 0 Å². The highest BCUT2D eigenvalue weighted by Crippen LogP contribution is 2.12. The zero-order chi connectivity index (χ0) is 15.1. The maximum absolute atomic E-state index is 10.8. The predicted molar refractivity (Wildman–Crippen MR) is 84.5 cm³/mol. The molecular formula is C17H26N2O2. The van der Waals surface area contributed by atoms with Crippen LogP contribution in [-0.2, 0) is 11.2 Å². The predicted octanol–water partition coefficient (Wildman–Crippen LogP) is 2.10. The number of aryl methyl sites for hydroxylation is 1. The molecule has 1 aromatic rings. The molecule has 0 radical (unpaired) electrons. The number of hydrogen-bond donors (Lipinski definition) is 1. The number of rotatable bonds is 6. The van der Waals surface area contributed by atoms with Gasteiger partial charge in [0, 0.05) is 25.7 Å². The highest BCUT2D eigenvalue weighted by atomic mass is 16.4. The highest BCUT2D eigenvalue weighted by Gasteiger charge is 2.20. The average molecular weight is 290 g/mol. The molecule has 1 aliphatic rings. The molecule has 0 bridgehead atoms. The van der Waals surface area contributed by atoms with Crippen molar-refractivity contribution < 1.29 is 9.90 Å². The van der Waals surface area contributed by atoms with Crippen molar-refractivity contribution in [3.63, 3.8) is 0 Å². The Hall–Kier alpha value is -1.39. The molecule has 1 saturated heterocycles. The van der Waals surface area contributed by atoms with Crippen LogP contribution in [0.4, 0.5) is 0 Å². The number of aliphatic carboxylic acids is 1. The molecule has 0 amide bonds. The van der Waals surface area contributed by atoms with E-state index in [4.69, 9.17) is 5.11 Å². The summed E-state index contributed by atoms with van der Waals surface area (Å²) in [6.45, 7) is 6.27. The highest BCUT2D eigenvalue weighted by molar-refractivity contribution is 5.69. The van der Waals surface area contributed by atoms with E-state index in [0.717, 1.165) is 45.4 Å². The molecule has 1 aliphatic heterocycles. The molecule has 1 unspecified atom stereocenters. The SMILES string of the molecule is CC(CCc1ccccc1)N1CCCN(CC(=O)O)CC1. The second-order valence-corrected chi connectivity index (χ2v) is 5.93. The Morgan fingerprint density at radius 2 is 1.95 bits per heavy atom. The minimum Gasteiger partial charge on any atom is -0.480 e. The first-order chi connectivity index (χ1) is 10.1. The summed E-state index contributed by atoms with van der Waals surface area (Å²) in [6.07, 6.45) is 3.32. The molecule has 0 spiro atoms. The van der Waals surface area contributed by atoms with E-state index in [-0.39, 0.29) is 6.54 Å². The fourth-order valence-corrected chi connectivity index (χ4v) is 2.98. The largest absolute Gasteiger partial charge is 0.480 e. The van der Waals surface area contributed by atoms with Gasteiger partial charge in [0.05, 0.1) is 6.54 Å². The van der Waals surface area contributed by atoms with Crippen LogP contribution in [0, 0.1) is 0 Å². The summed E-state index contributed by atoms with van der Waals surface area (Å²) in [6, 6.07) is 11.2. The first kappa shape index (κ1) is 16.0. The van der Waals surface area contributed by atoms with Crippen molar-refractivity contribution in [1.82, 2.24) is 9.80 Å². The monoisotopic (exact) mass is 290 g/mol. The Balaban J connectivity index is 1.77. The van der Waals surface area contributed by atoms with E-state index in [1.165, 1.54) is 5.56 Å². The van der Waals surface area contributed by atoms with Gasteiger partial charge in [-0.05, 0) is 38.3 Å². The quantitative estimate of drug-likeness (QED) is 0.871. The number of carbonyl (C=O) groups is 1. The number of nitrogens with zero attached hydrogens (tertiary/aromatic N) is 2. The zero-order valence-electron chi connectivity index (χ0n) is 12.9. The summed E-state index contributed by atoms with van der Waals surface area (Å²) in [5.41, 5.74) is 1.40. The standard InChI is InChI=1S/C17H26N2O2/c1-15(8-9-16-6-3-2-4-7-16)19-11-5-10-18(12-13-19)14-17(20)21/h2-4,6-7,15H,5,8-14H2,1H3,(H,20,21). The molecule has 2 rings (SSSR count). The van der Waals surface area contributed by atoms with Crippen molar-refractivity contribution in [1.29, 1.82) is 0 Å². The van der Waals surface area contributed by atoms with E-state index < -0.39 is 5.97 Å². The van der Waals surface area contributed by atoms with Crippen molar-refractivity contribution >= 4 is 5.97 Å². The molecule has 1 atom stereocenters. The van der Waals surface area contributed by atoms with E-state index in [0.29, 0.717) is 6.04 Å². The van der Waals surface area contributed by atoms with E-state index in [2.05, 4.69) is 42.2 Å². The van der Waals surface area contributed by atoms with E-state index >= 15 is 0 Å². The Kier molecular flexibility index (Phi) is 6.21. The Labute approximate surface area is 127 Å². The summed E-state index contributed by atoms with van der Waals surface area (Å²) >= 11 is 0. The second kappa shape index (κ2) is 8.15. The maximum Gasteiger partial charge on any atom is 0.317 e. The molecule has 21 heavy (non-hydrogen) atoms. The van der Waals surface area contributed by atoms with Crippen LogP contribution in [0.15, 0.2) is 30.3 Å². The molecule has 116 valence electrons. The van der Waals surface area contributed by atoms with Gasteiger partial charge in [-0.2, -0.15) is 0 Å². The zero-order valence-corrected chi connectivity index (χ0v) is 12.9. The van der Waals surface area contributed by atoms with Gasteiger partial charge in [-0.15, -0.1) is 0 Å². The molecule has 1 N–H and O–H groups in total. The molecule has 4 heteroatoms. The molecule has 1 fully saturated rings. The van der Waals surface area contributed by atoms with E-state index in [9.17, 15) is 4.79 Å². The number of hydrogen-bond acceptors (Lipinski definition) is 3. The number of carboxylic acids is 1. The third-order valence-corrected chi connectivity index (χ3v) is 4.30. The molecule has 0 aliphatic carbocycles. The van der Waals surface area contributed by atoms with Gasteiger partial charge in [0.25, 0.3) is 0 Å². The van der Waals surface area contributed by atoms with Crippen LogP contribution in [0.2, 0.25) is 0 Å². The van der Waals surface area contributed by atoms with E-state index in [1.54, 1.807) is 0 Å². The number of carboxylic acid groups (broad SMARTS) is 1. The van der Waals surface area contributed by atoms with Crippen molar-refractivity contribution in [2.24, 2.45) is 0 Å². The summed E-state index contributed by atoms with van der Waals surface area (Å²) in [5, 5.41) is 8.89. The lowest BCUT2D eigenvalue weighted by Crippen LogP contribution is -2.38. The third-order valence-electron chi connectivity index (χ3n) is 4.30. The van der Waals surface area contributed by atoms with Crippen LogP contribution in [-0.4, -0.2) is 59.6 Å². The maximum atomic E-state index is 10.8. The fraction of sp³-hybridized carbons (Fsp3) is 0.588. The molecule has 1 aromatic carbocycles. The molecule has 1 heterocycles. The van der Waals surface area contributed by atoms with Crippen LogP contribution in [0.25, 0.3) is 0 Å². The molecule has 0 aromatic heterocycles. The van der Waals surface area contributed by atoms with E-state index in [1.807, 2.05) is 4.90 Å². The van der Waals surface area contributed by atoms with Gasteiger partial charge >= 0.3 is 5.97 Å². The summed E-state index contributed by atoms with van der Waals surface area (Å²) in [5.74, 6) is -0.722. The van der Waals surface area contributed by atoms with Gasteiger partial charge in [0.15, 0.2) is 0 Å². The van der Waals surface area contributed by atoms with Crippen LogP contribution < -0.4 is 0 Å². The van der Waals surface area contributed by atoms with Crippen LogP contribution >= 0.6 is 0 Å². The second-order valence-electron chi connectivity index (χ2n) is 5.93. The third kappa shape index (κ3) is 5.48. The van der Waals surface area contributed by atoms with Gasteiger partial charge < -0.3 is 5.11 Å². The Bertz CT molecular complexity index is 436.